The summed E-state index contributed by atoms with van der Waals surface area (Å²) in [6.07, 6.45) is 5.10. The van der Waals surface area contributed by atoms with Crippen LogP contribution in [0.15, 0.2) is 90.6 Å². The summed E-state index contributed by atoms with van der Waals surface area (Å²) in [7, 11) is 0. The number of aliphatic carboxylic acids is 1. The average molecular weight is 456 g/mol. The number of benzene rings is 3. The van der Waals surface area contributed by atoms with E-state index in [-0.39, 0.29) is 5.82 Å². The maximum absolute atomic E-state index is 15.2. The Hall–Kier alpha value is -3.83. The van der Waals surface area contributed by atoms with E-state index in [2.05, 4.69) is 24.0 Å². The highest BCUT2D eigenvalue weighted by molar-refractivity contribution is 7.13. The van der Waals surface area contributed by atoms with Crippen molar-refractivity contribution < 1.29 is 14.3 Å². The number of hydrogen-bond acceptors (Lipinski definition) is 3. The highest BCUT2D eigenvalue weighted by atomic mass is 32.1. The van der Waals surface area contributed by atoms with E-state index in [4.69, 9.17) is 5.11 Å². The molecule has 3 aromatic carbocycles. The molecule has 164 valence electrons. The first-order valence-electron chi connectivity index (χ1n) is 10.6. The van der Waals surface area contributed by atoms with Gasteiger partial charge in [-0.15, -0.1) is 11.3 Å². The molecule has 1 N–H and O–H groups in total. The number of carboxylic acid groups (broad SMARTS) is 1. The summed E-state index contributed by atoms with van der Waals surface area (Å²) < 4.78 is 15.2. The second-order valence-electron chi connectivity index (χ2n) is 7.43. The van der Waals surface area contributed by atoms with Crippen LogP contribution in [0, 0.1) is 5.82 Å². The van der Waals surface area contributed by atoms with E-state index in [0.29, 0.717) is 5.56 Å². The Balaban J connectivity index is 1.86. The first-order valence-corrected chi connectivity index (χ1v) is 11.4. The predicted molar refractivity (Wildman–Crippen MR) is 133 cm³/mol. The molecule has 0 bridgehead atoms. The summed E-state index contributed by atoms with van der Waals surface area (Å²) >= 11 is 1.41. The zero-order valence-electron chi connectivity index (χ0n) is 18.0. The van der Waals surface area contributed by atoms with E-state index < -0.39 is 5.97 Å². The third kappa shape index (κ3) is 5.16. The monoisotopic (exact) mass is 455 g/mol. The van der Waals surface area contributed by atoms with Gasteiger partial charge in [-0.05, 0) is 58.0 Å². The molecule has 0 fully saturated rings. The lowest BCUT2D eigenvalue weighted by Crippen LogP contribution is -1.97. The number of thiazole rings is 1. The summed E-state index contributed by atoms with van der Waals surface area (Å²) in [5.74, 6) is -1.28. The summed E-state index contributed by atoms with van der Waals surface area (Å²) in [5, 5.41) is 8.88. The number of carboxylic acids is 1. The molecule has 0 amide bonds. The van der Waals surface area contributed by atoms with Crippen molar-refractivity contribution in [3.05, 3.63) is 119 Å². The van der Waals surface area contributed by atoms with Crippen LogP contribution in [0.5, 0.6) is 0 Å². The smallest absolute Gasteiger partial charge is 0.328 e. The molecule has 0 spiro atoms. The van der Waals surface area contributed by atoms with Crippen molar-refractivity contribution in [3.8, 4) is 10.4 Å². The molecule has 0 saturated heterocycles. The van der Waals surface area contributed by atoms with Crippen molar-refractivity contribution in [1.82, 2.24) is 4.98 Å². The topological polar surface area (TPSA) is 50.2 Å². The van der Waals surface area contributed by atoms with Crippen LogP contribution < -0.4 is 0 Å². The van der Waals surface area contributed by atoms with E-state index in [1.165, 1.54) is 11.3 Å². The number of hydrogen-bond donors (Lipinski definition) is 1. The molecule has 4 rings (SSSR count). The molecule has 0 atom stereocenters. The average Bonchev–Trinajstić information content (AvgIpc) is 3.37. The van der Waals surface area contributed by atoms with E-state index >= 15 is 4.39 Å². The Labute approximate surface area is 196 Å². The summed E-state index contributed by atoms with van der Waals surface area (Å²) in [6.45, 7) is 2.09. The minimum absolute atomic E-state index is 0.293. The normalized spacial score (nSPS) is 12.1. The van der Waals surface area contributed by atoms with Crippen LogP contribution in [0.2, 0.25) is 0 Å². The van der Waals surface area contributed by atoms with Crippen LogP contribution in [-0.4, -0.2) is 16.1 Å². The van der Waals surface area contributed by atoms with Crippen LogP contribution >= 0.6 is 11.3 Å². The van der Waals surface area contributed by atoms with Gasteiger partial charge in [0.2, 0.25) is 0 Å². The Bertz CT molecular complexity index is 1310. The van der Waals surface area contributed by atoms with Gasteiger partial charge in [-0.3, -0.25) is 4.98 Å². The molecule has 1 aromatic heterocycles. The lowest BCUT2D eigenvalue weighted by Gasteiger charge is -2.17. The molecule has 3 nitrogen and oxygen atoms in total. The first kappa shape index (κ1) is 22.4. The van der Waals surface area contributed by atoms with Crippen LogP contribution in [0.25, 0.3) is 27.7 Å². The molecular weight excluding hydrogens is 433 g/mol. The minimum atomic E-state index is -0.992. The van der Waals surface area contributed by atoms with Crippen LogP contribution in [-0.2, 0) is 4.79 Å². The van der Waals surface area contributed by atoms with E-state index in [9.17, 15) is 4.79 Å². The van der Waals surface area contributed by atoms with Crippen molar-refractivity contribution in [3.63, 3.8) is 0 Å². The Kier molecular flexibility index (Phi) is 6.91. The lowest BCUT2D eigenvalue weighted by molar-refractivity contribution is -0.131. The fraction of sp³-hybridized carbons (Fsp3) is 0.0714. The standard InChI is InChI=1S/C28H22FNO2S/c1-2-23(20-6-4-3-5-7-20)28(21-11-8-19(9-12-21)10-15-27(31)32)22-13-14-24(25(29)16-22)26-17-30-18-33-26/h3-18H,2H2,1H3,(H,31,32). The van der Waals surface area contributed by atoms with Crippen molar-refractivity contribution in [2.24, 2.45) is 0 Å². The van der Waals surface area contributed by atoms with E-state index in [1.54, 1.807) is 29.9 Å². The summed E-state index contributed by atoms with van der Waals surface area (Å²) in [4.78, 5) is 15.7. The lowest BCUT2D eigenvalue weighted by atomic mass is 9.87. The fourth-order valence-electron chi connectivity index (χ4n) is 3.83. The molecule has 33 heavy (non-hydrogen) atoms. The van der Waals surface area contributed by atoms with Crippen molar-refractivity contribution in [1.29, 1.82) is 0 Å². The molecule has 0 saturated carbocycles. The summed E-state index contributed by atoms with van der Waals surface area (Å²) in [5.41, 5.74) is 7.87. The van der Waals surface area contributed by atoms with Gasteiger partial charge in [-0.2, -0.15) is 0 Å². The third-order valence-corrected chi connectivity index (χ3v) is 6.16. The minimum Gasteiger partial charge on any atom is -0.478 e. The number of halogens is 1. The molecule has 1 heterocycles. The molecular formula is C28H22FNO2S. The zero-order chi connectivity index (χ0) is 23.2. The molecule has 0 aliphatic rings. The number of carbonyl (C=O) groups is 1. The molecule has 4 aromatic rings. The quantitative estimate of drug-likeness (QED) is 0.233. The van der Waals surface area contributed by atoms with Gasteiger partial charge in [0.1, 0.15) is 5.82 Å². The van der Waals surface area contributed by atoms with Gasteiger partial charge >= 0.3 is 5.97 Å². The van der Waals surface area contributed by atoms with Crippen LogP contribution in [0.3, 0.4) is 0 Å². The van der Waals surface area contributed by atoms with Crippen molar-refractivity contribution in [2.45, 2.75) is 13.3 Å². The van der Waals surface area contributed by atoms with Crippen LogP contribution in [0.4, 0.5) is 4.39 Å². The van der Waals surface area contributed by atoms with Gasteiger partial charge in [-0.1, -0.05) is 67.6 Å². The number of rotatable bonds is 7. The van der Waals surface area contributed by atoms with E-state index in [0.717, 1.165) is 50.8 Å². The van der Waals surface area contributed by atoms with Crippen LogP contribution in [0.1, 0.15) is 35.6 Å². The summed E-state index contributed by atoms with van der Waals surface area (Å²) in [6, 6.07) is 23.1. The molecule has 0 aliphatic heterocycles. The van der Waals surface area contributed by atoms with Gasteiger partial charge in [0.05, 0.1) is 10.4 Å². The van der Waals surface area contributed by atoms with Crippen molar-refractivity contribution >= 4 is 34.5 Å². The van der Waals surface area contributed by atoms with Crippen molar-refractivity contribution in [2.75, 3.05) is 0 Å². The number of nitrogens with zero attached hydrogens (tertiary/aromatic N) is 1. The Morgan fingerprint density at radius 3 is 2.33 bits per heavy atom. The maximum Gasteiger partial charge on any atom is 0.328 e. The van der Waals surface area contributed by atoms with Gasteiger partial charge < -0.3 is 5.11 Å². The molecule has 0 radical (unpaired) electrons. The fourth-order valence-corrected chi connectivity index (χ4v) is 4.48. The molecule has 0 aliphatic carbocycles. The number of allylic oxidation sites excluding steroid dienone is 1. The van der Waals surface area contributed by atoms with Gasteiger partial charge in [0, 0.05) is 17.8 Å². The third-order valence-electron chi connectivity index (χ3n) is 5.35. The second kappa shape index (κ2) is 10.2. The SMILES string of the molecule is CCC(=C(c1ccc(C=CC(=O)O)cc1)c1ccc(-c2cncs2)c(F)c1)c1ccccc1. The number of aromatic nitrogens is 1. The first-order chi connectivity index (χ1) is 16.1. The highest BCUT2D eigenvalue weighted by Gasteiger charge is 2.16. The van der Waals surface area contributed by atoms with Gasteiger partial charge in [0.15, 0.2) is 0 Å². The molecule has 5 heteroatoms. The molecule has 0 unspecified atom stereocenters. The highest BCUT2D eigenvalue weighted by Crippen LogP contribution is 2.36. The Morgan fingerprint density at radius 2 is 1.73 bits per heavy atom. The zero-order valence-corrected chi connectivity index (χ0v) is 18.9. The largest absolute Gasteiger partial charge is 0.478 e. The van der Waals surface area contributed by atoms with Gasteiger partial charge in [0.25, 0.3) is 0 Å². The maximum atomic E-state index is 15.2. The van der Waals surface area contributed by atoms with E-state index in [1.807, 2.05) is 48.5 Å². The Morgan fingerprint density at radius 1 is 1.00 bits per heavy atom. The second-order valence-corrected chi connectivity index (χ2v) is 8.31. The predicted octanol–water partition coefficient (Wildman–Crippen LogP) is 7.42. The van der Waals surface area contributed by atoms with Gasteiger partial charge in [-0.25, -0.2) is 9.18 Å².